The summed E-state index contributed by atoms with van der Waals surface area (Å²) in [6, 6.07) is 3.79. The van der Waals surface area contributed by atoms with Gasteiger partial charge in [0, 0.05) is 18.9 Å². The van der Waals surface area contributed by atoms with E-state index in [4.69, 9.17) is 0 Å². The van der Waals surface area contributed by atoms with Gasteiger partial charge in [-0.25, -0.2) is 4.98 Å². The molecular weight excluding hydrogens is 278 g/mol. The van der Waals surface area contributed by atoms with Crippen LogP contribution < -0.4 is 5.32 Å². The summed E-state index contributed by atoms with van der Waals surface area (Å²) in [5.41, 5.74) is 0.675. The fourth-order valence-electron chi connectivity index (χ4n) is 1.63. The average Bonchev–Trinajstić information content (AvgIpc) is 3.07. The molecule has 1 N–H and O–H groups in total. The number of carbonyl (C=O) groups excluding carboxylic acids is 2. The van der Waals surface area contributed by atoms with Gasteiger partial charge in [-0.2, -0.15) is 0 Å². The summed E-state index contributed by atoms with van der Waals surface area (Å²) in [6.07, 6.45) is 3.90. The first kappa shape index (κ1) is 14.3. The largest absolute Gasteiger partial charge is 0.469 e. The third-order valence-corrected chi connectivity index (χ3v) is 3.83. The van der Waals surface area contributed by atoms with Crippen molar-refractivity contribution >= 4 is 23.2 Å². The molecule has 0 aromatic carbocycles. The van der Waals surface area contributed by atoms with Gasteiger partial charge in [-0.05, 0) is 19.1 Å². The van der Waals surface area contributed by atoms with E-state index in [9.17, 15) is 9.59 Å². The standard InChI is InChI=1S/C13H15N3O3S/c1-9-11(12(18)14-6-5-10(17)19-2)20-13(15-9)16-7-3-4-8-16/h3-4,7-8H,5-6H2,1-2H3,(H,14,18). The molecule has 0 fully saturated rings. The molecule has 2 heterocycles. The van der Waals surface area contributed by atoms with Crippen LogP contribution >= 0.6 is 11.3 Å². The number of methoxy groups -OCH3 is 1. The third kappa shape index (κ3) is 3.24. The number of thiazole rings is 1. The number of ether oxygens (including phenoxy) is 1. The molecule has 0 aliphatic rings. The van der Waals surface area contributed by atoms with Crippen molar-refractivity contribution in [2.75, 3.05) is 13.7 Å². The van der Waals surface area contributed by atoms with Crippen LogP contribution in [0.15, 0.2) is 24.5 Å². The van der Waals surface area contributed by atoms with E-state index >= 15 is 0 Å². The van der Waals surface area contributed by atoms with Crippen LogP contribution in [0, 0.1) is 6.92 Å². The van der Waals surface area contributed by atoms with E-state index in [2.05, 4.69) is 15.0 Å². The summed E-state index contributed by atoms with van der Waals surface area (Å²) in [5.74, 6) is -0.568. The van der Waals surface area contributed by atoms with Crippen LogP contribution in [-0.4, -0.2) is 35.1 Å². The van der Waals surface area contributed by atoms with E-state index in [0.717, 1.165) is 5.13 Å². The van der Waals surface area contributed by atoms with Gasteiger partial charge < -0.3 is 14.6 Å². The quantitative estimate of drug-likeness (QED) is 0.849. The second-order valence-electron chi connectivity index (χ2n) is 4.08. The SMILES string of the molecule is COC(=O)CCNC(=O)c1sc(-n2cccc2)nc1C. The highest BCUT2D eigenvalue weighted by Crippen LogP contribution is 2.21. The smallest absolute Gasteiger partial charge is 0.307 e. The molecule has 20 heavy (non-hydrogen) atoms. The van der Waals surface area contributed by atoms with Crippen molar-refractivity contribution in [3.63, 3.8) is 0 Å². The number of esters is 1. The Kier molecular flexibility index (Phi) is 4.52. The molecule has 0 aliphatic carbocycles. The van der Waals surface area contributed by atoms with Crippen molar-refractivity contribution in [2.24, 2.45) is 0 Å². The molecule has 0 bridgehead atoms. The van der Waals surface area contributed by atoms with Crippen LogP contribution in [0.2, 0.25) is 0 Å². The number of hydrogen-bond donors (Lipinski definition) is 1. The van der Waals surface area contributed by atoms with Gasteiger partial charge in [-0.1, -0.05) is 11.3 Å². The van der Waals surface area contributed by atoms with Crippen molar-refractivity contribution in [1.82, 2.24) is 14.9 Å². The average molecular weight is 293 g/mol. The predicted molar refractivity (Wildman–Crippen MR) is 75.1 cm³/mol. The summed E-state index contributed by atoms with van der Waals surface area (Å²) >= 11 is 1.31. The normalized spacial score (nSPS) is 10.3. The van der Waals surface area contributed by atoms with Crippen LogP contribution in [-0.2, 0) is 9.53 Å². The second kappa shape index (κ2) is 6.33. The zero-order valence-corrected chi connectivity index (χ0v) is 12.1. The van der Waals surface area contributed by atoms with E-state index in [1.807, 2.05) is 29.1 Å². The molecule has 2 aromatic heterocycles. The van der Waals surface area contributed by atoms with Gasteiger partial charge in [0.15, 0.2) is 5.13 Å². The Balaban J connectivity index is 2.02. The maximum atomic E-state index is 12.0. The first-order valence-electron chi connectivity index (χ1n) is 6.07. The van der Waals surface area contributed by atoms with Gasteiger partial charge in [0.25, 0.3) is 5.91 Å². The molecule has 1 amide bonds. The van der Waals surface area contributed by atoms with Crippen molar-refractivity contribution in [3.8, 4) is 5.13 Å². The lowest BCUT2D eigenvalue weighted by molar-refractivity contribution is -0.140. The van der Waals surface area contributed by atoms with Crippen LogP contribution in [0.25, 0.3) is 5.13 Å². The zero-order valence-electron chi connectivity index (χ0n) is 11.3. The van der Waals surface area contributed by atoms with Crippen molar-refractivity contribution in [3.05, 3.63) is 35.1 Å². The fraction of sp³-hybridized carbons (Fsp3) is 0.308. The molecule has 0 saturated heterocycles. The molecule has 7 heteroatoms. The summed E-state index contributed by atoms with van der Waals surface area (Å²) in [6.45, 7) is 2.04. The lowest BCUT2D eigenvalue weighted by Crippen LogP contribution is -2.26. The molecular formula is C13H15N3O3S. The predicted octanol–water partition coefficient (Wildman–Crippen LogP) is 1.54. The maximum absolute atomic E-state index is 12.0. The molecule has 2 rings (SSSR count). The number of aryl methyl sites for hydroxylation is 1. The lowest BCUT2D eigenvalue weighted by Gasteiger charge is -2.02. The summed E-state index contributed by atoms with van der Waals surface area (Å²) in [5, 5.41) is 3.43. The highest BCUT2D eigenvalue weighted by atomic mass is 32.1. The maximum Gasteiger partial charge on any atom is 0.307 e. The number of hydrogen-bond acceptors (Lipinski definition) is 5. The molecule has 0 aliphatic heterocycles. The second-order valence-corrected chi connectivity index (χ2v) is 5.06. The number of nitrogens with zero attached hydrogens (tertiary/aromatic N) is 2. The van der Waals surface area contributed by atoms with Crippen LogP contribution in [0.1, 0.15) is 21.8 Å². The number of amides is 1. The minimum Gasteiger partial charge on any atom is -0.469 e. The fourth-order valence-corrected chi connectivity index (χ4v) is 2.58. The molecule has 0 radical (unpaired) electrons. The van der Waals surface area contributed by atoms with Crippen molar-refractivity contribution in [1.29, 1.82) is 0 Å². The topological polar surface area (TPSA) is 73.2 Å². The highest BCUT2D eigenvalue weighted by molar-refractivity contribution is 7.16. The highest BCUT2D eigenvalue weighted by Gasteiger charge is 2.15. The van der Waals surface area contributed by atoms with Gasteiger partial charge >= 0.3 is 5.97 Å². The van der Waals surface area contributed by atoms with E-state index in [1.165, 1.54) is 18.4 Å². The molecule has 0 saturated carbocycles. The summed E-state index contributed by atoms with van der Waals surface area (Å²) in [7, 11) is 1.32. The Morgan fingerprint density at radius 1 is 1.40 bits per heavy atom. The Bertz CT molecular complexity index is 604. The summed E-state index contributed by atoms with van der Waals surface area (Å²) < 4.78 is 6.36. The lowest BCUT2D eigenvalue weighted by atomic mass is 10.3. The number of carbonyl (C=O) groups is 2. The van der Waals surface area contributed by atoms with Gasteiger partial charge in [-0.3, -0.25) is 9.59 Å². The van der Waals surface area contributed by atoms with Crippen LogP contribution in [0.3, 0.4) is 0 Å². The van der Waals surface area contributed by atoms with Gasteiger partial charge in [0.05, 0.1) is 19.2 Å². The Labute approximate surface area is 120 Å². The van der Waals surface area contributed by atoms with Crippen molar-refractivity contribution < 1.29 is 14.3 Å². The Hall–Kier alpha value is -2.15. The van der Waals surface area contributed by atoms with Crippen molar-refractivity contribution in [2.45, 2.75) is 13.3 Å². The zero-order chi connectivity index (χ0) is 14.5. The number of aromatic nitrogens is 2. The molecule has 6 nitrogen and oxygen atoms in total. The molecule has 0 unspecified atom stereocenters. The van der Waals surface area contributed by atoms with E-state index in [1.54, 1.807) is 6.92 Å². The van der Waals surface area contributed by atoms with Gasteiger partial charge in [0.2, 0.25) is 0 Å². The minimum absolute atomic E-state index is 0.157. The molecule has 2 aromatic rings. The van der Waals surface area contributed by atoms with E-state index in [-0.39, 0.29) is 24.8 Å². The van der Waals surface area contributed by atoms with Crippen LogP contribution in [0.5, 0.6) is 0 Å². The third-order valence-electron chi connectivity index (χ3n) is 2.66. The molecule has 0 atom stereocenters. The van der Waals surface area contributed by atoms with E-state index < -0.39 is 0 Å². The number of rotatable bonds is 5. The first-order valence-corrected chi connectivity index (χ1v) is 6.89. The number of nitrogens with one attached hydrogen (secondary N) is 1. The summed E-state index contributed by atoms with van der Waals surface area (Å²) in [4.78, 5) is 27.9. The van der Waals surface area contributed by atoms with Gasteiger partial charge in [-0.15, -0.1) is 0 Å². The Morgan fingerprint density at radius 2 is 2.10 bits per heavy atom. The van der Waals surface area contributed by atoms with E-state index in [0.29, 0.717) is 10.6 Å². The first-order chi connectivity index (χ1) is 9.61. The minimum atomic E-state index is -0.348. The monoisotopic (exact) mass is 293 g/mol. The molecule has 0 spiro atoms. The Morgan fingerprint density at radius 3 is 2.75 bits per heavy atom. The van der Waals surface area contributed by atoms with Crippen LogP contribution in [0.4, 0.5) is 0 Å². The molecule has 106 valence electrons. The van der Waals surface area contributed by atoms with Gasteiger partial charge in [0.1, 0.15) is 4.88 Å².